The topological polar surface area (TPSA) is 94.6 Å². The summed E-state index contributed by atoms with van der Waals surface area (Å²) in [5.41, 5.74) is -0.248. The number of hydrogen-bond donors (Lipinski definition) is 0. The molecule has 0 spiro atoms. The van der Waals surface area contributed by atoms with Crippen LogP contribution in [0.4, 0.5) is 0 Å². The summed E-state index contributed by atoms with van der Waals surface area (Å²) in [6.07, 6.45) is 1.52. The number of hydrogen-bond acceptors (Lipinski definition) is 6. The van der Waals surface area contributed by atoms with Crippen molar-refractivity contribution in [2.75, 3.05) is 13.7 Å². The number of ether oxygens (including phenoxy) is 1. The summed E-state index contributed by atoms with van der Waals surface area (Å²) in [6.45, 7) is 4.11. The maximum absolute atomic E-state index is 12.7. The Balaban J connectivity index is 1.78. The van der Waals surface area contributed by atoms with Crippen LogP contribution in [0.3, 0.4) is 0 Å². The van der Waals surface area contributed by atoms with Gasteiger partial charge in [0.15, 0.2) is 12.3 Å². The fraction of sp³-hybridized carbons (Fsp3) is 0.333. The molecule has 0 saturated carbocycles. The van der Waals surface area contributed by atoms with Gasteiger partial charge in [0, 0.05) is 19.0 Å². The fourth-order valence-corrected chi connectivity index (χ4v) is 2.89. The maximum Gasteiger partial charge on any atom is 0.359 e. The molecule has 0 aliphatic carbocycles. The van der Waals surface area contributed by atoms with E-state index in [-0.39, 0.29) is 29.6 Å². The molecule has 152 valence electrons. The van der Waals surface area contributed by atoms with E-state index in [4.69, 9.17) is 9.15 Å². The minimum Gasteiger partial charge on any atom is -0.467 e. The number of carbonyl (C=O) groups excluding carboxylic acids is 2. The maximum atomic E-state index is 12.7. The van der Waals surface area contributed by atoms with Crippen LogP contribution >= 0.6 is 0 Å². The molecule has 3 rings (SSSR count). The van der Waals surface area contributed by atoms with E-state index in [1.54, 1.807) is 43.4 Å². The van der Waals surface area contributed by atoms with E-state index in [0.29, 0.717) is 23.1 Å². The van der Waals surface area contributed by atoms with E-state index < -0.39 is 12.6 Å². The van der Waals surface area contributed by atoms with Crippen LogP contribution in [-0.2, 0) is 22.6 Å². The standard InChI is InChI=1S/C21H23N3O5/c1-14(2)11-24-20(26)17-9-5-4-8-16(17)19(22-24)21(27)29-13-18(25)23(3)12-15-7-6-10-28-15/h4-10,14H,11-13H2,1-3H3. The smallest absolute Gasteiger partial charge is 0.359 e. The lowest BCUT2D eigenvalue weighted by molar-refractivity contribution is -0.134. The zero-order valence-electron chi connectivity index (χ0n) is 16.6. The van der Waals surface area contributed by atoms with Gasteiger partial charge in [-0.15, -0.1) is 0 Å². The van der Waals surface area contributed by atoms with Crippen molar-refractivity contribution in [1.82, 2.24) is 14.7 Å². The number of benzene rings is 1. The summed E-state index contributed by atoms with van der Waals surface area (Å²) >= 11 is 0. The fourth-order valence-electron chi connectivity index (χ4n) is 2.89. The van der Waals surface area contributed by atoms with E-state index >= 15 is 0 Å². The van der Waals surface area contributed by atoms with Crippen molar-refractivity contribution in [3.63, 3.8) is 0 Å². The monoisotopic (exact) mass is 397 g/mol. The quantitative estimate of drug-likeness (QED) is 0.569. The molecular formula is C21H23N3O5. The molecule has 0 atom stereocenters. The van der Waals surface area contributed by atoms with Crippen molar-refractivity contribution < 1.29 is 18.7 Å². The third kappa shape index (κ3) is 4.71. The summed E-state index contributed by atoms with van der Waals surface area (Å²) in [5.74, 6) is -0.337. The Morgan fingerprint density at radius 2 is 1.90 bits per heavy atom. The first-order chi connectivity index (χ1) is 13.9. The molecule has 8 heteroatoms. The van der Waals surface area contributed by atoms with Crippen LogP contribution in [-0.4, -0.2) is 40.2 Å². The summed E-state index contributed by atoms with van der Waals surface area (Å²) in [7, 11) is 1.59. The van der Waals surface area contributed by atoms with Crippen molar-refractivity contribution in [2.24, 2.45) is 5.92 Å². The Bertz CT molecular complexity index is 1070. The van der Waals surface area contributed by atoms with Crippen molar-refractivity contribution >= 4 is 22.6 Å². The van der Waals surface area contributed by atoms with Gasteiger partial charge in [0.25, 0.3) is 11.5 Å². The lowest BCUT2D eigenvalue weighted by Crippen LogP contribution is -2.32. The SMILES string of the molecule is CC(C)Cn1nc(C(=O)OCC(=O)N(C)Cc2ccco2)c2ccccc2c1=O. The van der Waals surface area contributed by atoms with Gasteiger partial charge in [-0.3, -0.25) is 9.59 Å². The Labute approximate surface area is 167 Å². The summed E-state index contributed by atoms with van der Waals surface area (Å²) < 4.78 is 11.7. The zero-order chi connectivity index (χ0) is 21.0. The number of fused-ring (bicyclic) bond motifs is 1. The molecule has 0 saturated heterocycles. The lowest BCUT2D eigenvalue weighted by Gasteiger charge is -2.16. The van der Waals surface area contributed by atoms with Crippen LogP contribution < -0.4 is 5.56 Å². The van der Waals surface area contributed by atoms with Crippen molar-refractivity contribution in [3.8, 4) is 0 Å². The number of carbonyl (C=O) groups is 2. The Hall–Kier alpha value is -3.42. The molecule has 0 bridgehead atoms. The van der Waals surface area contributed by atoms with Gasteiger partial charge >= 0.3 is 5.97 Å². The van der Waals surface area contributed by atoms with Crippen LogP contribution in [0.25, 0.3) is 10.8 Å². The highest BCUT2D eigenvalue weighted by Crippen LogP contribution is 2.15. The van der Waals surface area contributed by atoms with Crippen LogP contribution in [0.2, 0.25) is 0 Å². The average Bonchev–Trinajstić information content (AvgIpc) is 3.20. The predicted octanol–water partition coefficient (Wildman–Crippen LogP) is 2.46. The van der Waals surface area contributed by atoms with Gasteiger partial charge in [-0.1, -0.05) is 32.0 Å². The number of likely N-dealkylation sites (N-methyl/N-ethyl adjacent to an activating group) is 1. The van der Waals surface area contributed by atoms with Gasteiger partial charge < -0.3 is 14.1 Å². The van der Waals surface area contributed by atoms with Gasteiger partial charge in [-0.05, 0) is 24.1 Å². The van der Waals surface area contributed by atoms with Crippen LogP contribution in [0.15, 0.2) is 51.9 Å². The molecule has 1 amide bonds. The van der Waals surface area contributed by atoms with Crippen LogP contribution in [0.5, 0.6) is 0 Å². The number of aromatic nitrogens is 2. The minimum absolute atomic E-state index is 0.0161. The first-order valence-electron chi connectivity index (χ1n) is 9.30. The van der Waals surface area contributed by atoms with Crippen LogP contribution in [0.1, 0.15) is 30.1 Å². The van der Waals surface area contributed by atoms with Gasteiger partial charge in [0.1, 0.15) is 5.76 Å². The second-order valence-corrected chi connectivity index (χ2v) is 7.18. The number of amides is 1. The number of esters is 1. The first-order valence-corrected chi connectivity index (χ1v) is 9.30. The Kier molecular flexibility index (Phi) is 6.11. The highest BCUT2D eigenvalue weighted by molar-refractivity contribution is 6.02. The largest absolute Gasteiger partial charge is 0.467 e. The molecule has 0 unspecified atom stereocenters. The molecule has 3 aromatic rings. The molecule has 0 aliphatic rings. The summed E-state index contributed by atoms with van der Waals surface area (Å²) in [6, 6.07) is 10.2. The zero-order valence-corrected chi connectivity index (χ0v) is 16.6. The molecule has 2 heterocycles. The molecule has 29 heavy (non-hydrogen) atoms. The van der Waals surface area contributed by atoms with Gasteiger partial charge in [-0.25, -0.2) is 9.48 Å². The van der Waals surface area contributed by atoms with E-state index in [1.165, 1.54) is 15.8 Å². The van der Waals surface area contributed by atoms with E-state index in [0.717, 1.165) is 0 Å². The molecule has 0 fully saturated rings. The molecule has 0 radical (unpaired) electrons. The summed E-state index contributed by atoms with van der Waals surface area (Å²) in [5, 5.41) is 5.00. The van der Waals surface area contributed by atoms with Gasteiger partial charge in [0.2, 0.25) is 0 Å². The third-order valence-corrected chi connectivity index (χ3v) is 4.32. The van der Waals surface area contributed by atoms with Gasteiger partial charge in [0.05, 0.1) is 18.2 Å². The second kappa shape index (κ2) is 8.72. The van der Waals surface area contributed by atoms with Crippen molar-refractivity contribution in [2.45, 2.75) is 26.9 Å². The lowest BCUT2D eigenvalue weighted by atomic mass is 10.1. The molecule has 2 aromatic heterocycles. The number of furan rings is 1. The Morgan fingerprint density at radius 1 is 1.17 bits per heavy atom. The number of nitrogens with zero attached hydrogens (tertiary/aromatic N) is 3. The third-order valence-electron chi connectivity index (χ3n) is 4.32. The molecular weight excluding hydrogens is 374 g/mol. The predicted molar refractivity (Wildman–Crippen MR) is 106 cm³/mol. The minimum atomic E-state index is -0.751. The molecule has 8 nitrogen and oxygen atoms in total. The normalized spacial score (nSPS) is 11.0. The summed E-state index contributed by atoms with van der Waals surface area (Å²) in [4.78, 5) is 39.0. The second-order valence-electron chi connectivity index (χ2n) is 7.18. The van der Waals surface area contributed by atoms with Crippen LogP contribution in [0, 0.1) is 5.92 Å². The van der Waals surface area contributed by atoms with Crippen molar-refractivity contribution in [1.29, 1.82) is 0 Å². The molecule has 1 aromatic carbocycles. The molecule has 0 aliphatic heterocycles. The highest BCUT2D eigenvalue weighted by atomic mass is 16.5. The van der Waals surface area contributed by atoms with E-state index in [2.05, 4.69) is 5.10 Å². The highest BCUT2D eigenvalue weighted by Gasteiger charge is 2.20. The Morgan fingerprint density at radius 3 is 2.55 bits per heavy atom. The van der Waals surface area contributed by atoms with E-state index in [1.807, 2.05) is 13.8 Å². The van der Waals surface area contributed by atoms with E-state index in [9.17, 15) is 14.4 Å². The average molecular weight is 397 g/mol. The molecule has 0 N–H and O–H groups in total. The van der Waals surface area contributed by atoms with Gasteiger partial charge in [-0.2, -0.15) is 5.10 Å². The van der Waals surface area contributed by atoms with Crippen molar-refractivity contribution in [3.05, 3.63) is 64.5 Å². The number of rotatable bonds is 7. The first kappa shape index (κ1) is 20.3.